The quantitative estimate of drug-likeness (QED) is 0.786. The van der Waals surface area contributed by atoms with Gasteiger partial charge in [-0.1, -0.05) is 34.6 Å². The first-order valence-corrected chi connectivity index (χ1v) is 6.80. The summed E-state index contributed by atoms with van der Waals surface area (Å²) in [6.07, 6.45) is -0.0537. The molecule has 0 saturated heterocycles. The largest absolute Gasteiger partial charge is 0.461 e. The molecule has 0 aromatic carbocycles. The lowest BCUT2D eigenvalue weighted by atomic mass is 9.79. The highest BCUT2D eigenvalue weighted by molar-refractivity contribution is 5.75. The average molecular weight is 258 g/mol. The van der Waals surface area contributed by atoms with Crippen LogP contribution in [0.5, 0.6) is 0 Å². The molecular formula is C15H30O3. The van der Waals surface area contributed by atoms with Gasteiger partial charge in [0.15, 0.2) is 0 Å². The second-order valence-electron chi connectivity index (χ2n) is 7.28. The van der Waals surface area contributed by atoms with E-state index >= 15 is 0 Å². The maximum atomic E-state index is 12.0. The molecule has 3 nitrogen and oxygen atoms in total. The summed E-state index contributed by atoms with van der Waals surface area (Å²) in [7, 11) is 0. The summed E-state index contributed by atoms with van der Waals surface area (Å²) in [6.45, 7) is 15.5. The molecule has 0 aromatic heterocycles. The third-order valence-corrected chi connectivity index (χ3v) is 3.20. The zero-order valence-corrected chi connectivity index (χ0v) is 13.2. The second kappa shape index (κ2) is 6.05. The third-order valence-electron chi connectivity index (χ3n) is 3.20. The van der Waals surface area contributed by atoms with Crippen molar-refractivity contribution >= 4 is 5.97 Å². The highest BCUT2D eigenvalue weighted by Gasteiger charge is 2.38. The van der Waals surface area contributed by atoms with E-state index in [2.05, 4.69) is 0 Å². The molecule has 0 fully saturated rings. The van der Waals surface area contributed by atoms with Crippen LogP contribution >= 0.6 is 0 Å². The van der Waals surface area contributed by atoms with Crippen LogP contribution < -0.4 is 0 Å². The van der Waals surface area contributed by atoms with E-state index in [1.165, 1.54) is 0 Å². The van der Waals surface area contributed by atoms with Crippen molar-refractivity contribution in [1.82, 2.24) is 0 Å². The molecule has 0 spiro atoms. The van der Waals surface area contributed by atoms with E-state index in [4.69, 9.17) is 4.74 Å². The van der Waals surface area contributed by atoms with Gasteiger partial charge in [0.05, 0.1) is 11.5 Å². The summed E-state index contributed by atoms with van der Waals surface area (Å²) >= 11 is 0. The Labute approximate surface area is 112 Å². The van der Waals surface area contributed by atoms with E-state index in [0.29, 0.717) is 6.42 Å². The minimum absolute atomic E-state index is 0.0682. The Morgan fingerprint density at radius 3 is 1.89 bits per heavy atom. The van der Waals surface area contributed by atoms with E-state index in [-0.39, 0.29) is 23.4 Å². The summed E-state index contributed by atoms with van der Waals surface area (Å²) < 4.78 is 5.67. The molecule has 0 bridgehead atoms. The van der Waals surface area contributed by atoms with Gasteiger partial charge in [-0.15, -0.1) is 0 Å². The molecule has 0 amide bonds. The molecule has 0 aliphatic carbocycles. The molecule has 0 saturated carbocycles. The van der Waals surface area contributed by atoms with Gasteiger partial charge >= 0.3 is 5.97 Å². The van der Waals surface area contributed by atoms with E-state index in [1.807, 2.05) is 55.4 Å². The molecule has 1 N–H and O–H groups in total. The fourth-order valence-electron chi connectivity index (χ4n) is 1.94. The summed E-state index contributed by atoms with van der Waals surface area (Å²) in [5, 5.41) is 9.98. The Kier molecular flexibility index (Phi) is 5.86. The maximum Gasteiger partial charge on any atom is 0.311 e. The first-order valence-electron chi connectivity index (χ1n) is 6.80. The summed E-state index contributed by atoms with van der Waals surface area (Å²) in [4.78, 5) is 12.0. The van der Waals surface area contributed by atoms with Crippen molar-refractivity contribution in [3.8, 4) is 0 Å². The van der Waals surface area contributed by atoms with Gasteiger partial charge in [-0.05, 0) is 32.6 Å². The molecular weight excluding hydrogens is 228 g/mol. The average Bonchev–Trinajstić information content (AvgIpc) is 2.20. The molecule has 108 valence electrons. The number of ether oxygens (including phenoxy) is 1. The smallest absolute Gasteiger partial charge is 0.311 e. The first kappa shape index (κ1) is 17.4. The maximum absolute atomic E-state index is 12.0. The second-order valence-corrected chi connectivity index (χ2v) is 7.28. The molecule has 3 atom stereocenters. The van der Waals surface area contributed by atoms with E-state index < -0.39 is 11.5 Å². The topological polar surface area (TPSA) is 46.5 Å². The van der Waals surface area contributed by atoms with E-state index in [0.717, 1.165) is 0 Å². The molecule has 18 heavy (non-hydrogen) atoms. The Morgan fingerprint density at radius 2 is 1.61 bits per heavy atom. The van der Waals surface area contributed by atoms with Gasteiger partial charge in [0, 0.05) is 5.92 Å². The number of carbonyl (C=O) groups excluding carboxylic acids is 1. The van der Waals surface area contributed by atoms with Crippen molar-refractivity contribution < 1.29 is 14.6 Å². The van der Waals surface area contributed by atoms with Crippen LogP contribution in [0.25, 0.3) is 0 Å². The number of hydrogen-bond donors (Lipinski definition) is 1. The summed E-state index contributed by atoms with van der Waals surface area (Å²) in [6, 6.07) is 0. The fraction of sp³-hybridized carbons (Fsp3) is 0.933. The van der Waals surface area contributed by atoms with Crippen LogP contribution in [0.1, 0.15) is 61.8 Å². The Bertz CT molecular complexity index is 270. The minimum atomic E-state index is -0.514. The summed E-state index contributed by atoms with van der Waals surface area (Å²) in [5.41, 5.74) is -0.698. The zero-order valence-electron chi connectivity index (χ0n) is 13.2. The van der Waals surface area contributed by atoms with Crippen LogP contribution in [0.3, 0.4) is 0 Å². The number of carbonyl (C=O) groups is 1. The van der Waals surface area contributed by atoms with Crippen molar-refractivity contribution in [2.45, 2.75) is 74.0 Å². The van der Waals surface area contributed by atoms with Crippen LogP contribution in [0, 0.1) is 16.7 Å². The zero-order chi connectivity index (χ0) is 14.7. The predicted octanol–water partition coefficient (Wildman–Crippen LogP) is 3.40. The lowest BCUT2D eigenvalue weighted by Gasteiger charge is -2.38. The molecule has 0 aliphatic rings. The highest BCUT2D eigenvalue weighted by atomic mass is 16.5. The van der Waals surface area contributed by atoms with Crippen molar-refractivity contribution in [3.05, 3.63) is 0 Å². The summed E-state index contributed by atoms with van der Waals surface area (Å²) in [5.74, 6) is -0.279. The van der Waals surface area contributed by atoms with E-state index in [1.54, 1.807) is 0 Å². The molecule has 0 aliphatic heterocycles. The van der Waals surface area contributed by atoms with Crippen LogP contribution in [-0.4, -0.2) is 23.3 Å². The highest BCUT2D eigenvalue weighted by Crippen LogP contribution is 2.32. The van der Waals surface area contributed by atoms with Crippen LogP contribution in [0.15, 0.2) is 0 Å². The molecule has 3 heteroatoms. The van der Waals surface area contributed by atoms with E-state index in [9.17, 15) is 9.90 Å². The van der Waals surface area contributed by atoms with Crippen molar-refractivity contribution in [1.29, 1.82) is 0 Å². The molecule has 0 heterocycles. The Hall–Kier alpha value is -0.570. The van der Waals surface area contributed by atoms with Crippen molar-refractivity contribution in [2.24, 2.45) is 16.7 Å². The van der Waals surface area contributed by atoms with Crippen LogP contribution in [0.4, 0.5) is 0 Å². The monoisotopic (exact) mass is 258 g/mol. The number of aliphatic hydroxyl groups excluding tert-OH is 1. The standard InChI is InChI=1S/C15H30O3/c1-9-11(16)10(2)12(14(3,4)5)18-13(17)15(6,7)8/h10-12,16H,9H2,1-8H3/t10-,11+,12-/m0/s1. The Morgan fingerprint density at radius 1 is 1.17 bits per heavy atom. The van der Waals surface area contributed by atoms with Gasteiger partial charge in [0.25, 0.3) is 0 Å². The molecule has 0 aromatic rings. The number of aliphatic hydroxyl groups is 1. The molecule has 0 unspecified atom stereocenters. The minimum Gasteiger partial charge on any atom is -0.461 e. The van der Waals surface area contributed by atoms with Gasteiger partial charge in [0.1, 0.15) is 6.10 Å². The predicted molar refractivity (Wildman–Crippen MR) is 74.3 cm³/mol. The number of hydrogen-bond acceptors (Lipinski definition) is 3. The lowest BCUT2D eigenvalue weighted by molar-refractivity contribution is -0.171. The van der Waals surface area contributed by atoms with Crippen LogP contribution in [-0.2, 0) is 9.53 Å². The van der Waals surface area contributed by atoms with Gasteiger partial charge in [-0.3, -0.25) is 4.79 Å². The SMILES string of the molecule is CC[C@@H](O)[C@H](C)[C@H](OC(=O)C(C)(C)C)C(C)(C)C. The fourth-order valence-corrected chi connectivity index (χ4v) is 1.94. The van der Waals surface area contributed by atoms with Gasteiger partial charge in [-0.2, -0.15) is 0 Å². The Balaban J connectivity index is 4.99. The molecule has 0 rings (SSSR count). The van der Waals surface area contributed by atoms with Gasteiger partial charge in [0.2, 0.25) is 0 Å². The molecule has 0 radical (unpaired) electrons. The lowest BCUT2D eigenvalue weighted by Crippen LogP contribution is -2.43. The normalized spacial score (nSPS) is 18.1. The van der Waals surface area contributed by atoms with Crippen molar-refractivity contribution in [2.75, 3.05) is 0 Å². The van der Waals surface area contributed by atoms with Gasteiger partial charge < -0.3 is 9.84 Å². The third kappa shape index (κ3) is 4.97. The van der Waals surface area contributed by atoms with Crippen molar-refractivity contribution in [3.63, 3.8) is 0 Å². The first-order chi connectivity index (χ1) is 7.91. The van der Waals surface area contributed by atoms with Gasteiger partial charge in [-0.25, -0.2) is 0 Å². The number of esters is 1. The van der Waals surface area contributed by atoms with Crippen LogP contribution in [0.2, 0.25) is 0 Å². The number of rotatable bonds is 4.